The minimum atomic E-state index is 0.121. The second-order valence-electron chi connectivity index (χ2n) is 3.00. The van der Waals surface area contributed by atoms with E-state index in [0.29, 0.717) is 0 Å². The molecule has 66 valence electrons. The molecule has 2 heteroatoms. The summed E-state index contributed by atoms with van der Waals surface area (Å²) in [5, 5.41) is 0. The number of rotatable bonds is 4. The number of hydrogen-bond acceptors (Lipinski definition) is 2. The fourth-order valence-corrected chi connectivity index (χ4v) is 1.25. The second kappa shape index (κ2) is 4.10. The number of furan rings is 1. The summed E-state index contributed by atoms with van der Waals surface area (Å²) in [4.78, 5) is 11.1. The largest absolute Gasteiger partial charge is 0.469 e. The van der Waals surface area contributed by atoms with Crippen LogP contribution < -0.4 is 0 Å². The molecule has 12 heavy (non-hydrogen) atoms. The predicted molar refractivity (Wildman–Crippen MR) is 46.9 cm³/mol. The fourth-order valence-electron chi connectivity index (χ4n) is 1.25. The van der Waals surface area contributed by atoms with Crippen LogP contribution >= 0.6 is 0 Å². The summed E-state index contributed by atoms with van der Waals surface area (Å²) >= 11 is 0. The van der Waals surface area contributed by atoms with Crippen molar-refractivity contribution in [1.29, 1.82) is 0 Å². The van der Waals surface area contributed by atoms with Crippen molar-refractivity contribution in [3.63, 3.8) is 0 Å². The summed E-state index contributed by atoms with van der Waals surface area (Å²) in [6.45, 7) is 3.66. The Kier molecular flexibility index (Phi) is 3.09. The number of carbonyl (C=O) groups excluding carboxylic acids is 1. The molecular formula is C10H14O2. The first-order valence-electron chi connectivity index (χ1n) is 4.27. The Hall–Kier alpha value is -1.05. The molecular weight excluding hydrogens is 152 g/mol. The van der Waals surface area contributed by atoms with Crippen molar-refractivity contribution in [3.05, 3.63) is 24.2 Å². The average molecular weight is 166 g/mol. The van der Waals surface area contributed by atoms with Gasteiger partial charge in [-0.25, -0.2) is 0 Å². The van der Waals surface area contributed by atoms with Gasteiger partial charge < -0.3 is 4.42 Å². The van der Waals surface area contributed by atoms with E-state index in [-0.39, 0.29) is 11.7 Å². The van der Waals surface area contributed by atoms with Gasteiger partial charge in [-0.15, -0.1) is 0 Å². The van der Waals surface area contributed by atoms with E-state index in [1.807, 2.05) is 19.1 Å². The molecule has 0 unspecified atom stereocenters. The van der Waals surface area contributed by atoms with Crippen LogP contribution in [0.3, 0.4) is 0 Å². The molecule has 1 atom stereocenters. The van der Waals surface area contributed by atoms with Crippen molar-refractivity contribution in [3.8, 4) is 0 Å². The molecule has 0 spiro atoms. The molecule has 0 saturated heterocycles. The molecule has 0 saturated carbocycles. The zero-order valence-corrected chi connectivity index (χ0v) is 7.54. The van der Waals surface area contributed by atoms with Crippen molar-refractivity contribution < 1.29 is 9.21 Å². The molecule has 1 aromatic rings. The van der Waals surface area contributed by atoms with Crippen LogP contribution in [0.5, 0.6) is 0 Å². The third kappa shape index (κ3) is 2.22. The molecule has 0 aromatic carbocycles. The molecule has 2 nitrogen and oxygen atoms in total. The Morgan fingerprint density at radius 1 is 1.67 bits per heavy atom. The summed E-state index contributed by atoms with van der Waals surface area (Å²) < 4.78 is 5.16. The van der Waals surface area contributed by atoms with Gasteiger partial charge >= 0.3 is 0 Å². The van der Waals surface area contributed by atoms with Gasteiger partial charge in [0.05, 0.1) is 6.26 Å². The molecule has 1 aromatic heterocycles. The molecule has 0 radical (unpaired) electrons. The highest BCUT2D eigenvalue weighted by Gasteiger charge is 2.13. The van der Waals surface area contributed by atoms with E-state index in [4.69, 9.17) is 4.42 Å². The van der Waals surface area contributed by atoms with Crippen LogP contribution in [0.2, 0.25) is 0 Å². The number of Topliss-reactive ketones (excluding diaryl/α,β-unsaturated/α-hetero) is 1. The van der Waals surface area contributed by atoms with Gasteiger partial charge in [0.15, 0.2) is 0 Å². The number of carbonyl (C=O) groups is 1. The molecule has 0 fully saturated rings. The third-order valence-electron chi connectivity index (χ3n) is 2.10. The highest BCUT2D eigenvalue weighted by Crippen LogP contribution is 2.13. The standard InChI is InChI=1S/C10H14O2/c1-3-9(8(2)11)7-10-5-4-6-12-10/h4-6,9H,3,7H2,1-2H3/t9-/m1/s1. The highest BCUT2D eigenvalue weighted by atomic mass is 16.3. The Morgan fingerprint density at radius 2 is 2.42 bits per heavy atom. The summed E-state index contributed by atoms with van der Waals surface area (Å²) in [5.74, 6) is 1.27. The fraction of sp³-hybridized carbons (Fsp3) is 0.500. The van der Waals surface area contributed by atoms with Crippen molar-refractivity contribution in [2.24, 2.45) is 5.92 Å². The van der Waals surface area contributed by atoms with Crippen LogP contribution in [-0.4, -0.2) is 5.78 Å². The Labute approximate surface area is 72.6 Å². The summed E-state index contributed by atoms with van der Waals surface area (Å²) in [6.07, 6.45) is 3.26. The molecule has 0 N–H and O–H groups in total. The van der Waals surface area contributed by atoms with Crippen molar-refractivity contribution in [2.75, 3.05) is 0 Å². The minimum absolute atomic E-state index is 0.121. The van der Waals surface area contributed by atoms with E-state index in [0.717, 1.165) is 18.6 Å². The van der Waals surface area contributed by atoms with Crippen LogP contribution in [0, 0.1) is 5.92 Å². The monoisotopic (exact) mass is 166 g/mol. The maximum Gasteiger partial charge on any atom is 0.133 e. The first-order valence-corrected chi connectivity index (χ1v) is 4.27. The van der Waals surface area contributed by atoms with Crippen LogP contribution in [-0.2, 0) is 11.2 Å². The topological polar surface area (TPSA) is 30.2 Å². The summed E-state index contributed by atoms with van der Waals surface area (Å²) in [7, 11) is 0. The molecule has 0 bridgehead atoms. The molecule has 0 aliphatic carbocycles. The third-order valence-corrected chi connectivity index (χ3v) is 2.10. The van der Waals surface area contributed by atoms with E-state index in [1.165, 1.54) is 0 Å². The quantitative estimate of drug-likeness (QED) is 0.687. The maximum absolute atomic E-state index is 11.1. The SMILES string of the molecule is CC[C@H](Cc1ccco1)C(C)=O. The normalized spacial score (nSPS) is 12.8. The van der Waals surface area contributed by atoms with Crippen LogP contribution in [0.25, 0.3) is 0 Å². The number of ketones is 1. The molecule has 0 aliphatic rings. The Morgan fingerprint density at radius 3 is 2.83 bits per heavy atom. The molecule has 1 rings (SSSR count). The van der Waals surface area contributed by atoms with Gasteiger partial charge in [-0.3, -0.25) is 4.79 Å². The van der Waals surface area contributed by atoms with Gasteiger partial charge in [0.2, 0.25) is 0 Å². The van der Waals surface area contributed by atoms with Gasteiger partial charge in [0, 0.05) is 12.3 Å². The van der Waals surface area contributed by atoms with Gasteiger partial charge in [-0.1, -0.05) is 6.92 Å². The van der Waals surface area contributed by atoms with E-state index in [2.05, 4.69) is 0 Å². The molecule has 0 amide bonds. The Bertz CT molecular complexity index is 236. The Balaban J connectivity index is 2.54. The van der Waals surface area contributed by atoms with E-state index in [9.17, 15) is 4.79 Å². The van der Waals surface area contributed by atoms with Crippen LogP contribution in [0.15, 0.2) is 22.8 Å². The average Bonchev–Trinajstić information content (AvgIpc) is 2.51. The van der Waals surface area contributed by atoms with Crippen molar-refractivity contribution >= 4 is 5.78 Å². The lowest BCUT2D eigenvalue weighted by atomic mass is 9.97. The lowest BCUT2D eigenvalue weighted by Crippen LogP contribution is -2.12. The number of hydrogen-bond donors (Lipinski definition) is 0. The van der Waals surface area contributed by atoms with Gasteiger partial charge in [-0.2, -0.15) is 0 Å². The summed E-state index contributed by atoms with van der Waals surface area (Å²) in [6, 6.07) is 3.76. The minimum Gasteiger partial charge on any atom is -0.469 e. The van der Waals surface area contributed by atoms with Crippen molar-refractivity contribution in [1.82, 2.24) is 0 Å². The zero-order chi connectivity index (χ0) is 8.97. The second-order valence-corrected chi connectivity index (χ2v) is 3.00. The molecule has 0 aliphatic heterocycles. The van der Waals surface area contributed by atoms with Gasteiger partial charge in [0.25, 0.3) is 0 Å². The van der Waals surface area contributed by atoms with Gasteiger partial charge in [0.1, 0.15) is 11.5 Å². The van der Waals surface area contributed by atoms with Gasteiger partial charge in [-0.05, 0) is 25.5 Å². The zero-order valence-electron chi connectivity index (χ0n) is 7.54. The van der Waals surface area contributed by atoms with Crippen molar-refractivity contribution in [2.45, 2.75) is 26.7 Å². The van der Waals surface area contributed by atoms with Crippen LogP contribution in [0.4, 0.5) is 0 Å². The first-order chi connectivity index (χ1) is 5.74. The smallest absolute Gasteiger partial charge is 0.133 e. The predicted octanol–water partition coefficient (Wildman–Crippen LogP) is 2.44. The highest BCUT2D eigenvalue weighted by molar-refractivity contribution is 5.78. The lowest BCUT2D eigenvalue weighted by molar-refractivity contribution is -0.120. The summed E-state index contributed by atoms with van der Waals surface area (Å²) in [5.41, 5.74) is 0. The van der Waals surface area contributed by atoms with E-state index in [1.54, 1.807) is 13.2 Å². The maximum atomic E-state index is 11.1. The lowest BCUT2D eigenvalue weighted by Gasteiger charge is -2.07. The van der Waals surface area contributed by atoms with Crippen LogP contribution in [0.1, 0.15) is 26.0 Å². The molecule has 1 heterocycles. The first kappa shape index (κ1) is 9.04. The van der Waals surface area contributed by atoms with E-state index >= 15 is 0 Å². The van der Waals surface area contributed by atoms with E-state index < -0.39 is 0 Å².